The number of aromatic nitrogens is 4. The highest BCUT2D eigenvalue weighted by molar-refractivity contribution is 6.07. The number of aromatic amines is 1. The van der Waals surface area contributed by atoms with Crippen molar-refractivity contribution in [2.45, 2.75) is 31.4 Å². The molecule has 4 aromatic rings. The van der Waals surface area contributed by atoms with Gasteiger partial charge < -0.3 is 30.0 Å². The standard InChI is InChI=1S/C23H26N6O3/c1-24-22-19-20(28(2)12-25-19)15-11-16(26-21(15)27-22)14-6-3-5-13(9-14)10-17-18(30)7-4-8-29(17)23(31)32/h3,5-6,9,11-12,17-18,30H,4,7-8,10H2,1-2H3,(H,31,32)(H2,24,26,27). The zero-order chi connectivity index (χ0) is 22.4. The van der Waals surface area contributed by atoms with E-state index in [2.05, 4.69) is 26.3 Å². The van der Waals surface area contributed by atoms with Gasteiger partial charge in [0, 0.05) is 31.7 Å². The zero-order valence-corrected chi connectivity index (χ0v) is 18.0. The first-order valence-corrected chi connectivity index (χ1v) is 10.7. The Labute approximate surface area is 184 Å². The van der Waals surface area contributed by atoms with Crippen molar-refractivity contribution in [2.75, 3.05) is 18.9 Å². The Bertz CT molecular complexity index is 1310. The summed E-state index contributed by atoms with van der Waals surface area (Å²) in [5.41, 5.74) is 5.47. The molecule has 5 rings (SSSR count). The number of imidazole rings is 1. The van der Waals surface area contributed by atoms with Crippen LogP contribution in [0.15, 0.2) is 36.7 Å². The summed E-state index contributed by atoms with van der Waals surface area (Å²) in [5.74, 6) is 0.718. The third kappa shape index (κ3) is 3.34. The second kappa shape index (κ2) is 7.83. The summed E-state index contributed by atoms with van der Waals surface area (Å²) in [6.45, 7) is 0.457. The molecule has 1 amide bonds. The van der Waals surface area contributed by atoms with Crippen LogP contribution < -0.4 is 5.32 Å². The van der Waals surface area contributed by atoms with Gasteiger partial charge >= 0.3 is 6.09 Å². The van der Waals surface area contributed by atoms with Crippen molar-refractivity contribution in [3.8, 4) is 11.3 Å². The first-order chi connectivity index (χ1) is 15.5. The van der Waals surface area contributed by atoms with Crippen LogP contribution in [0.25, 0.3) is 33.3 Å². The molecule has 9 nitrogen and oxygen atoms in total. The van der Waals surface area contributed by atoms with Crippen LogP contribution in [0.3, 0.4) is 0 Å². The van der Waals surface area contributed by atoms with E-state index in [9.17, 15) is 15.0 Å². The Hall–Kier alpha value is -3.59. The number of aryl methyl sites for hydroxylation is 1. The quantitative estimate of drug-likeness (QED) is 0.392. The predicted molar refractivity (Wildman–Crippen MR) is 123 cm³/mol. The number of amides is 1. The number of benzene rings is 1. The van der Waals surface area contributed by atoms with Gasteiger partial charge in [-0.1, -0.05) is 18.2 Å². The molecule has 0 bridgehead atoms. The van der Waals surface area contributed by atoms with Crippen LogP contribution in [0.1, 0.15) is 18.4 Å². The highest BCUT2D eigenvalue weighted by Gasteiger charge is 2.33. The van der Waals surface area contributed by atoms with Gasteiger partial charge in [0.2, 0.25) is 0 Å². The number of aliphatic hydroxyl groups is 1. The van der Waals surface area contributed by atoms with E-state index in [0.717, 1.165) is 44.7 Å². The molecule has 1 aliphatic heterocycles. The van der Waals surface area contributed by atoms with Gasteiger partial charge in [0.05, 0.1) is 24.0 Å². The van der Waals surface area contributed by atoms with Crippen LogP contribution in [-0.4, -0.2) is 66.5 Å². The second-order valence-electron chi connectivity index (χ2n) is 8.37. The van der Waals surface area contributed by atoms with Crippen LogP contribution in [0.2, 0.25) is 0 Å². The number of hydrogen-bond acceptors (Lipinski definition) is 5. The molecule has 1 aliphatic rings. The maximum Gasteiger partial charge on any atom is 0.407 e. The summed E-state index contributed by atoms with van der Waals surface area (Å²) >= 11 is 0. The topological polar surface area (TPSA) is 119 Å². The van der Waals surface area contributed by atoms with Gasteiger partial charge in [0.25, 0.3) is 0 Å². The molecule has 1 saturated heterocycles. The first kappa shape index (κ1) is 20.3. The molecule has 4 heterocycles. The molecule has 1 aromatic carbocycles. The van der Waals surface area contributed by atoms with Gasteiger partial charge in [-0.2, -0.15) is 0 Å². The lowest BCUT2D eigenvalue weighted by Gasteiger charge is -2.37. The SMILES string of the molecule is CNc1nc2[nH]c(-c3cccc(CC4C(O)CCCN4C(=O)O)c3)cc2c2c1ncn2C. The number of nitrogens with one attached hydrogen (secondary N) is 2. The van der Waals surface area contributed by atoms with E-state index in [0.29, 0.717) is 25.8 Å². The summed E-state index contributed by atoms with van der Waals surface area (Å²) in [6.07, 6.45) is 1.92. The monoisotopic (exact) mass is 434 g/mol. The lowest BCUT2D eigenvalue weighted by atomic mass is 9.92. The number of fused-ring (bicyclic) bond motifs is 3. The molecule has 166 valence electrons. The summed E-state index contributed by atoms with van der Waals surface area (Å²) in [6, 6.07) is 9.63. The number of H-pyrrole nitrogens is 1. The van der Waals surface area contributed by atoms with Crippen LogP contribution in [0.4, 0.5) is 10.6 Å². The van der Waals surface area contributed by atoms with Gasteiger partial charge in [-0.3, -0.25) is 0 Å². The van der Waals surface area contributed by atoms with Crippen molar-refractivity contribution in [3.05, 3.63) is 42.2 Å². The fourth-order valence-corrected chi connectivity index (χ4v) is 4.76. The predicted octanol–water partition coefficient (Wildman–Crippen LogP) is 3.20. The summed E-state index contributed by atoms with van der Waals surface area (Å²) in [4.78, 5) is 25.6. The average Bonchev–Trinajstić information content (AvgIpc) is 3.38. The maximum atomic E-state index is 11.6. The van der Waals surface area contributed by atoms with E-state index in [1.165, 1.54) is 4.90 Å². The molecule has 0 spiro atoms. The normalized spacial score (nSPS) is 19.0. The van der Waals surface area contributed by atoms with Crippen LogP contribution in [0, 0.1) is 0 Å². The number of piperidine rings is 1. The molecular weight excluding hydrogens is 408 g/mol. The van der Waals surface area contributed by atoms with Crippen molar-refractivity contribution in [2.24, 2.45) is 7.05 Å². The largest absolute Gasteiger partial charge is 0.465 e. The van der Waals surface area contributed by atoms with E-state index in [1.54, 1.807) is 6.33 Å². The Balaban J connectivity index is 1.52. The van der Waals surface area contributed by atoms with E-state index in [4.69, 9.17) is 0 Å². The molecule has 0 aliphatic carbocycles. The van der Waals surface area contributed by atoms with Crippen molar-refractivity contribution in [1.29, 1.82) is 0 Å². The number of aliphatic hydroxyl groups excluding tert-OH is 1. The maximum absolute atomic E-state index is 11.6. The molecule has 2 unspecified atom stereocenters. The molecule has 0 saturated carbocycles. The lowest BCUT2D eigenvalue weighted by molar-refractivity contribution is 0.0164. The fourth-order valence-electron chi connectivity index (χ4n) is 4.76. The number of pyridine rings is 1. The Morgan fingerprint density at radius 3 is 2.97 bits per heavy atom. The lowest BCUT2D eigenvalue weighted by Crippen LogP contribution is -2.51. The van der Waals surface area contributed by atoms with E-state index < -0.39 is 18.2 Å². The number of likely N-dealkylation sites (tertiary alicyclic amines) is 1. The van der Waals surface area contributed by atoms with E-state index in [1.807, 2.05) is 42.9 Å². The summed E-state index contributed by atoms with van der Waals surface area (Å²) in [5, 5.41) is 24.1. The minimum absolute atomic E-state index is 0.437. The van der Waals surface area contributed by atoms with Gasteiger partial charge in [-0.25, -0.2) is 14.8 Å². The molecular formula is C23H26N6O3. The molecule has 1 fully saturated rings. The number of carbonyl (C=O) groups is 1. The molecule has 32 heavy (non-hydrogen) atoms. The smallest absolute Gasteiger partial charge is 0.407 e. The van der Waals surface area contributed by atoms with Gasteiger partial charge in [0.15, 0.2) is 5.82 Å². The Kier molecular flexibility index (Phi) is 4.97. The van der Waals surface area contributed by atoms with Crippen molar-refractivity contribution in [1.82, 2.24) is 24.4 Å². The highest BCUT2D eigenvalue weighted by atomic mass is 16.4. The number of carboxylic acid groups (broad SMARTS) is 1. The molecule has 4 N–H and O–H groups in total. The summed E-state index contributed by atoms with van der Waals surface area (Å²) < 4.78 is 1.99. The number of anilines is 1. The first-order valence-electron chi connectivity index (χ1n) is 10.7. The number of hydrogen-bond donors (Lipinski definition) is 4. The van der Waals surface area contributed by atoms with Crippen molar-refractivity contribution in [3.63, 3.8) is 0 Å². The number of nitrogens with zero attached hydrogens (tertiary/aromatic N) is 4. The van der Waals surface area contributed by atoms with Crippen molar-refractivity contribution >= 4 is 34.0 Å². The third-order valence-electron chi connectivity index (χ3n) is 6.35. The highest BCUT2D eigenvalue weighted by Crippen LogP contribution is 2.32. The molecule has 0 radical (unpaired) electrons. The number of rotatable bonds is 4. The summed E-state index contributed by atoms with van der Waals surface area (Å²) in [7, 11) is 3.79. The fraction of sp³-hybridized carbons (Fsp3) is 0.348. The van der Waals surface area contributed by atoms with Gasteiger partial charge in [0.1, 0.15) is 11.2 Å². The Morgan fingerprint density at radius 1 is 1.34 bits per heavy atom. The van der Waals surface area contributed by atoms with Gasteiger partial charge in [-0.15, -0.1) is 0 Å². The zero-order valence-electron chi connectivity index (χ0n) is 18.0. The average molecular weight is 435 g/mol. The van der Waals surface area contributed by atoms with E-state index in [-0.39, 0.29) is 0 Å². The second-order valence-corrected chi connectivity index (χ2v) is 8.37. The van der Waals surface area contributed by atoms with Crippen LogP contribution in [0.5, 0.6) is 0 Å². The third-order valence-corrected chi connectivity index (χ3v) is 6.35. The van der Waals surface area contributed by atoms with Gasteiger partial charge in [-0.05, 0) is 42.5 Å². The minimum Gasteiger partial charge on any atom is -0.465 e. The van der Waals surface area contributed by atoms with E-state index >= 15 is 0 Å². The molecule has 2 atom stereocenters. The van der Waals surface area contributed by atoms with Crippen LogP contribution >= 0.6 is 0 Å². The minimum atomic E-state index is -0.980. The Morgan fingerprint density at radius 2 is 2.19 bits per heavy atom. The van der Waals surface area contributed by atoms with Crippen molar-refractivity contribution < 1.29 is 15.0 Å². The molecule has 3 aromatic heterocycles. The molecule has 9 heteroatoms. The van der Waals surface area contributed by atoms with Crippen LogP contribution in [-0.2, 0) is 13.5 Å².